The third-order valence-corrected chi connectivity index (χ3v) is 19.9. The molecule has 77 heavy (non-hydrogen) atoms. The van der Waals surface area contributed by atoms with Gasteiger partial charge < -0.3 is 14.2 Å². The summed E-state index contributed by atoms with van der Waals surface area (Å²) in [6.07, 6.45) is 4.40. The van der Waals surface area contributed by atoms with E-state index in [1.165, 1.54) is 77.6 Å². The van der Waals surface area contributed by atoms with Crippen LogP contribution in [0, 0.1) is 0 Å². The van der Waals surface area contributed by atoms with Gasteiger partial charge in [0.1, 0.15) is 11.2 Å². The van der Waals surface area contributed by atoms with Crippen LogP contribution in [0.25, 0.3) is 44.2 Å². The maximum Gasteiger partial charge on any atom is 0.252 e. The fourth-order valence-electron chi connectivity index (χ4n) is 15.0. The van der Waals surface area contributed by atoms with Crippen LogP contribution in [0.1, 0.15) is 171 Å². The normalized spacial score (nSPS) is 19.3. The van der Waals surface area contributed by atoms with Gasteiger partial charge in [0, 0.05) is 60.4 Å². The van der Waals surface area contributed by atoms with Crippen LogP contribution < -0.4 is 26.2 Å². The number of nitrogens with zero attached hydrogens (tertiary/aromatic N) is 2. The summed E-state index contributed by atoms with van der Waals surface area (Å²) in [5.74, 6) is 0. The van der Waals surface area contributed by atoms with Crippen molar-refractivity contribution in [2.24, 2.45) is 0 Å². The van der Waals surface area contributed by atoms with Crippen molar-refractivity contribution in [2.45, 2.75) is 161 Å². The summed E-state index contributed by atoms with van der Waals surface area (Å²) in [5, 5.41) is 2.19. The molecule has 2 aliphatic heterocycles. The van der Waals surface area contributed by atoms with Crippen molar-refractivity contribution in [3.63, 3.8) is 0 Å². The Bertz CT molecular complexity index is 4140. The highest BCUT2D eigenvalue weighted by atomic mass is 16.3. The fourth-order valence-corrected chi connectivity index (χ4v) is 15.0. The lowest BCUT2D eigenvalue weighted by Crippen LogP contribution is -2.61. The maximum atomic E-state index is 8.93. The molecule has 0 saturated carbocycles. The summed E-state index contributed by atoms with van der Waals surface area (Å²) in [6.45, 7) is 28.6. The molecule has 386 valence electrons. The van der Waals surface area contributed by atoms with Crippen molar-refractivity contribution in [3.05, 3.63) is 184 Å². The highest BCUT2D eigenvalue weighted by Gasteiger charge is 2.48. The number of fused-ring (bicyclic) bond motifs is 12. The second kappa shape index (κ2) is 15.9. The number of benzene rings is 8. The number of anilines is 6. The minimum absolute atomic E-state index is 0.00126. The SMILES string of the molecule is [2H]C([2H])([2H])Cc1cc2c3c(c1)N(c1ccc(C(C)(C)C)cc1-c1ccc4c(c1)C(C)(C)CCC4(C)C)c1cc4c(cc1B3c1cc3c(cc1N2c1ccc2c(c1)C(C)(C)CCC2(C)C)oc1ccccc13)C(C)(C)c1ccccc1-4. The van der Waals surface area contributed by atoms with Crippen LogP contribution in [0.3, 0.4) is 0 Å². The molecule has 4 heteroatoms. The summed E-state index contributed by atoms with van der Waals surface area (Å²) in [7, 11) is 0. The van der Waals surface area contributed by atoms with E-state index in [0.717, 1.165) is 87.3 Å². The maximum absolute atomic E-state index is 8.93. The van der Waals surface area contributed by atoms with Crippen molar-refractivity contribution in [3.8, 4) is 22.3 Å². The molecule has 3 aliphatic carbocycles. The molecule has 0 atom stereocenters. The Balaban J connectivity index is 1.13. The first-order chi connectivity index (χ1) is 37.6. The van der Waals surface area contributed by atoms with E-state index in [1.54, 1.807) is 0 Å². The topological polar surface area (TPSA) is 19.6 Å². The second-order valence-corrected chi connectivity index (χ2v) is 28.0. The van der Waals surface area contributed by atoms with E-state index < -0.39 is 6.85 Å². The quantitative estimate of drug-likeness (QED) is 0.164. The van der Waals surface area contributed by atoms with Gasteiger partial charge in [0.15, 0.2) is 0 Å². The van der Waals surface area contributed by atoms with E-state index >= 15 is 0 Å². The van der Waals surface area contributed by atoms with Crippen molar-refractivity contribution in [1.82, 2.24) is 0 Å². The molecule has 0 radical (unpaired) electrons. The second-order valence-electron chi connectivity index (χ2n) is 28.0. The van der Waals surface area contributed by atoms with Gasteiger partial charge in [-0.15, -0.1) is 0 Å². The zero-order valence-corrected chi connectivity index (χ0v) is 47.7. The van der Waals surface area contributed by atoms with Crippen molar-refractivity contribution in [2.75, 3.05) is 9.80 Å². The Hall–Kier alpha value is -6.78. The number of rotatable bonds is 4. The highest BCUT2D eigenvalue weighted by molar-refractivity contribution is 7.00. The molecule has 0 saturated heterocycles. The molecule has 3 heterocycles. The van der Waals surface area contributed by atoms with Crippen LogP contribution in [0.15, 0.2) is 144 Å². The molecule has 9 aromatic rings. The standard InChI is InChI=1S/C73H75BN2O/c1-15-43-34-63-67-64(35-43)76(60-29-25-45(68(2,3)4)37-49(60)44-24-27-53-56(36-44)71(9,10)32-30-69(53,5)6)61-40-50-47-20-16-18-22-52(47)73(13,14)55(50)41-59(61)74(67)58-39-51-48-21-17-19-23-65(48)77-66(51)42-62(58)75(63)46-26-28-54-57(38-46)72(11,12)33-31-70(54,7)8/h16-29,34-42H,15,30-33H2,1-14H3/i1D3. The molecule has 14 rings (SSSR count). The number of hydrogen-bond donors (Lipinski definition) is 0. The van der Waals surface area contributed by atoms with Crippen molar-refractivity contribution >= 4 is 79.2 Å². The van der Waals surface area contributed by atoms with Crippen LogP contribution in [0.5, 0.6) is 0 Å². The van der Waals surface area contributed by atoms with Crippen molar-refractivity contribution in [1.29, 1.82) is 0 Å². The van der Waals surface area contributed by atoms with Crippen molar-refractivity contribution < 1.29 is 8.53 Å². The monoisotopic (exact) mass is 1010 g/mol. The van der Waals surface area contributed by atoms with Gasteiger partial charge in [-0.25, -0.2) is 0 Å². The number of furan rings is 1. The summed E-state index contributed by atoms with van der Waals surface area (Å²) in [5.41, 5.74) is 26.5. The van der Waals surface area contributed by atoms with Gasteiger partial charge >= 0.3 is 0 Å². The number of hydrogen-bond acceptors (Lipinski definition) is 3. The van der Waals surface area contributed by atoms with E-state index in [0.29, 0.717) is 0 Å². The summed E-state index contributed by atoms with van der Waals surface area (Å²) >= 11 is 0. The zero-order chi connectivity index (χ0) is 56.2. The molecule has 5 aliphatic rings. The zero-order valence-electron chi connectivity index (χ0n) is 50.7. The Morgan fingerprint density at radius 1 is 0.481 bits per heavy atom. The predicted molar refractivity (Wildman–Crippen MR) is 329 cm³/mol. The molecule has 0 amide bonds. The highest BCUT2D eigenvalue weighted by Crippen LogP contribution is 2.56. The Labute approximate surface area is 463 Å². The summed E-state index contributed by atoms with van der Waals surface area (Å²) in [4.78, 5) is 5.04. The lowest BCUT2D eigenvalue weighted by atomic mass is 9.33. The molecule has 8 aromatic carbocycles. The van der Waals surface area contributed by atoms with E-state index in [9.17, 15) is 0 Å². The van der Waals surface area contributed by atoms with Gasteiger partial charge in [0.25, 0.3) is 6.71 Å². The Kier molecular flexibility index (Phi) is 9.36. The first kappa shape index (κ1) is 45.3. The Morgan fingerprint density at radius 3 is 1.82 bits per heavy atom. The van der Waals surface area contributed by atoms with E-state index in [1.807, 2.05) is 0 Å². The predicted octanol–water partition coefficient (Wildman–Crippen LogP) is 18.2. The smallest absolute Gasteiger partial charge is 0.252 e. The first-order valence-electron chi connectivity index (χ1n) is 30.1. The molecule has 0 N–H and O–H groups in total. The third kappa shape index (κ3) is 6.95. The first-order valence-corrected chi connectivity index (χ1v) is 28.6. The fraction of sp³-hybridized carbons (Fsp3) is 0.342. The molecule has 1 aromatic heterocycles. The molecular formula is C73H75BN2O. The summed E-state index contributed by atoms with van der Waals surface area (Å²) in [6, 6.07) is 53.4. The van der Waals surface area contributed by atoms with Crippen LogP contribution in [-0.4, -0.2) is 6.71 Å². The van der Waals surface area contributed by atoms with Gasteiger partial charge in [0.05, 0.1) is 5.69 Å². The third-order valence-electron chi connectivity index (χ3n) is 19.9. The van der Waals surface area contributed by atoms with E-state index in [2.05, 4.69) is 239 Å². The van der Waals surface area contributed by atoms with E-state index in [-0.39, 0.29) is 45.6 Å². The molecule has 0 bridgehead atoms. The van der Waals surface area contributed by atoms with Gasteiger partial charge in [-0.1, -0.05) is 182 Å². The van der Waals surface area contributed by atoms with Gasteiger partial charge in [-0.05, 0) is 185 Å². The van der Waals surface area contributed by atoms with Crippen LogP contribution in [0.2, 0.25) is 0 Å². The van der Waals surface area contributed by atoms with Gasteiger partial charge in [-0.2, -0.15) is 0 Å². The van der Waals surface area contributed by atoms with Gasteiger partial charge in [0.2, 0.25) is 0 Å². The molecule has 0 unspecified atom stereocenters. The van der Waals surface area contributed by atoms with E-state index in [4.69, 9.17) is 8.53 Å². The minimum Gasteiger partial charge on any atom is -0.456 e. The molecule has 0 fully saturated rings. The Morgan fingerprint density at radius 2 is 1.10 bits per heavy atom. The largest absolute Gasteiger partial charge is 0.456 e. The molecular weight excluding hydrogens is 932 g/mol. The average Bonchev–Trinajstić information content (AvgIpc) is 1.69. The van der Waals surface area contributed by atoms with Crippen LogP contribution in [-0.2, 0) is 38.9 Å². The lowest BCUT2D eigenvalue weighted by Gasteiger charge is -2.46. The number of para-hydroxylation sites is 1. The average molecular weight is 1010 g/mol. The number of aryl methyl sites for hydroxylation is 1. The van der Waals surface area contributed by atoms with Crippen LogP contribution >= 0.6 is 0 Å². The van der Waals surface area contributed by atoms with Gasteiger partial charge in [-0.3, -0.25) is 0 Å². The minimum atomic E-state index is -2.23. The van der Waals surface area contributed by atoms with Crippen LogP contribution in [0.4, 0.5) is 34.1 Å². The summed E-state index contributed by atoms with van der Waals surface area (Å²) < 4.78 is 33.6. The molecule has 0 spiro atoms. The lowest BCUT2D eigenvalue weighted by molar-refractivity contribution is 0.332. The molecule has 3 nitrogen and oxygen atoms in total.